The first-order valence-corrected chi connectivity index (χ1v) is 9.02. The molecular formula is C20H20N8. The first-order valence-electron chi connectivity index (χ1n) is 9.02. The fourth-order valence-corrected chi connectivity index (χ4v) is 3.45. The summed E-state index contributed by atoms with van der Waals surface area (Å²) in [6.45, 7) is 2.06. The number of fused-ring (bicyclic) bond motifs is 2. The van der Waals surface area contributed by atoms with Crippen LogP contribution in [0.2, 0.25) is 0 Å². The van der Waals surface area contributed by atoms with Crippen molar-refractivity contribution >= 4 is 33.7 Å². The molecule has 0 radical (unpaired) electrons. The molecule has 140 valence electrons. The summed E-state index contributed by atoms with van der Waals surface area (Å²) in [5.41, 5.74) is 4.56. The van der Waals surface area contributed by atoms with Crippen molar-refractivity contribution in [2.24, 2.45) is 21.1 Å². The predicted molar refractivity (Wildman–Crippen MR) is 109 cm³/mol. The standard InChI is InChI=1S/C20H20N8/c1-12-9-17(24-20-14(12)11-21-28(20)4)23-18-10-16(25-27(18)3)15-6-5-13-7-8-26(2)19(13)22-15/h5-11H,1-4H3,(H,23,24). The lowest BCUT2D eigenvalue weighted by molar-refractivity contribution is 0.776. The summed E-state index contributed by atoms with van der Waals surface area (Å²) < 4.78 is 5.59. The van der Waals surface area contributed by atoms with Crippen LogP contribution in [-0.4, -0.2) is 34.1 Å². The molecule has 0 fully saturated rings. The zero-order valence-corrected chi connectivity index (χ0v) is 16.2. The molecule has 0 aromatic carbocycles. The van der Waals surface area contributed by atoms with Gasteiger partial charge in [-0.3, -0.25) is 9.36 Å². The van der Waals surface area contributed by atoms with Crippen molar-refractivity contribution in [2.45, 2.75) is 6.92 Å². The molecule has 5 heterocycles. The van der Waals surface area contributed by atoms with Crippen LogP contribution in [0.4, 0.5) is 11.6 Å². The maximum Gasteiger partial charge on any atom is 0.160 e. The Morgan fingerprint density at radius 1 is 0.893 bits per heavy atom. The van der Waals surface area contributed by atoms with E-state index in [4.69, 9.17) is 4.98 Å². The number of rotatable bonds is 3. The molecule has 8 nitrogen and oxygen atoms in total. The van der Waals surface area contributed by atoms with E-state index in [0.29, 0.717) is 0 Å². The molecule has 5 aromatic rings. The predicted octanol–water partition coefficient (Wildman–Crippen LogP) is 3.31. The maximum atomic E-state index is 4.76. The Morgan fingerprint density at radius 3 is 2.61 bits per heavy atom. The average molecular weight is 372 g/mol. The van der Waals surface area contributed by atoms with Gasteiger partial charge in [0, 0.05) is 44.2 Å². The minimum atomic E-state index is 0.758. The number of hydrogen-bond donors (Lipinski definition) is 1. The van der Waals surface area contributed by atoms with E-state index in [1.54, 1.807) is 9.36 Å². The van der Waals surface area contributed by atoms with E-state index in [-0.39, 0.29) is 0 Å². The van der Waals surface area contributed by atoms with Crippen LogP contribution in [0.15, 0.2) is 42.7 Å². The van der Waals surface area contributed by atoms with Gasteiger partial charge in [-0.15, -0.1) is 0 Å². The number of aryl methyl sites for hydroxylation is 4. The van der Waals surface area contributed by atoms with Gasteiger partial charge in [0.1, 0.15) is 23.0 Å². The quantitative estimate of drug-likeness (QED) is 0.526. The Bertz CT molecular complexity index is 1340. The van der Waals surface area contributed by atoms with E-state index in [2.05, 4.69) is 39.6 Å². The van der Waals surface area contributed by atoms with Gasteiger partial charge in [-0.2, -0.15) is 10.2 Å². The monoisotopic (exact) mass is 372 g/mol. The van der Waals surface area contributed by atoms with Crippen molar-refractivity contribution in [2.75, 3.05) is 5.32 Å². The number of nitrogens with one attached hydrogen (secondary N) is 1. The van der Waals surface area contributed by atoms with Crippen LogP contribution in [0.3, 0.4) is 0 Å². The highest BCUT2D eigenvalue weighted by Gasteiger charge is 2.12. The van der Waals surface area contributed by atoms with E-state index in [1.165, 1.54) is 0 Å². The highest BCUT2D eigenvalue weighted by molar-refractivity contribution is 5.82. The molecule has 0 bridgehead atoms. The minimum absolute atomic E-state index is 0.758. The van der Waals surface area contributed by atoms with E-state index < -0.39 is 0 Å². The van der Waals surface area contributed by atoms with Crippen molar-refractivity contribution in [3.05, 3.63) is 48.3 Å². The molecule has 0 spiro atoms. The second kappa shape index (κ2) is 5.91. The number of hydrogen-bond acceptors (Lipinski definition) is 5. The molecule has 28 heavy (non-hydrogen) atoms. The molecule has 0 aliphatic carbocycles. The smallest absolute Gasteiger partial charge is 0.160 e. The Balaban J connectivity index is 1.52. The zero-order valence-electron chi connectivity index (χ0n) is 16.2. The summed E-state index contributed by atoms with van der Waals surface area (Å²) in [5.74, 6) is 1.60. The highest BCUT2D eigenvalue weighted by atomic mass is 15.3. The van der Waals surface area contributed by atoms with Crippen LogP contribution in [0.1, 0.15) is 5.56 Å². The molecular weight excluding hydrogens is 352 g/mol. The van der Waals surface area contributed by atoms with Crippen LogP contribution < -0.4 is 5.32 Å². The first kappa shape index (κ1) is 16.5. The minimum Gasteiger partial charge on any atom is -0.336 e. The van der Waals surface area contributed by atoms with Crippen LogP contribution >= 0.6 is 0 Å². The van der Waals surface area contributed by atoms with Gasteiger partial charge < -0.3 is 9.88 Å². The molecule has 5 aromatic heterocycles. The Hall–Kier alpha value is -3.68. The maximum absolute atomic E-state index is 4.76. The first-order chi connectivity index (χ1) is 13.5. The van der Waals surface area contributed by atoms with Crippen LogP contribution in [0.5, 0.6) is 0 Å². The van der Waals surface area contributed by atoms with E-state index in [1.807, 2.05) is 56.3 Å². The van der Waals surface area contributed by atoms with Crippen molar-refractivity contribution < 1.29 is 0 Å². The summed E-state index contributed by atoms with van der Waals surface area (Å²) >= 11 is 0. The molecule has 0 amide bonds. The third-order valence-electron chi connectivity index (χ3n) is 5.03. The van der Waals surface area contributed by atoms with Crippen molar-refractivity contribution in [1.82, 2.24) is 34.1 Å². The van der Waals surface area contributed by atoms with E-state index in [9.17, 15) is 0 Å². The molecule has 0 aliphatic rings. The van der Waals surface area contributed by atoms with E-state index in [0.717, 1.165) is 50.7 Å². The Morgan fingerprint density at radius 2 is 1.75 bits per heavy atom. The number of nitrogens with zero attached hydrogens (tertiary/aromatic N) is 7. The van der Waals surface area contributed by atoms with Gasteiger partial charge in [-0.05, 0) is 36.8 Å². The molecule has 1 N–H and O–H groups in total. The lowest BCUT2D eigenvalue weighted by Crippen LogP contribution is -2.02. The molecule has 8 heteroatoms. The number of anilines is 2. The van der Waals surface area contributed by atoms with Crippen LogP contribution in [0.25, 0.3) is 33.5 Å². The molecule has 5 rings (SSSR count). The van der Waals surface area contributed by atoms with E-state index >= 15 is 0 Å². The van der Waals surface area contributed by atoms with Gasteiger partial charge in [0.05, 0.1) is 11.9 Å². The van der Waals surface area contributed by atoms with Gasteiger partial charge in [0.2, 0.25) is 0 Å². The van der Waals surface area contributed by atoms with Crippen molar-refractivity contribution in [3.8, 4) is 11.4 Å². The van der Waals surface area contributed by atoms with Crippen LogP contribution in [-0.2, 0) is 21.1 Å². The summed E-state index contributed by atoms with van der Waals surface area (Å²) in [5, 5.41) is 14.5. The van der Waals surface area contributed by atoms with Gasteiger partial charge >= 0.3 is 0 Å². The Kier molecular flexibility index (Phi) is 3.48. The van der Waals surface area contributed by atoms with Gasteiger partial charge in [0.25, 0.3) is 0 Å². The largest absolute Gasteiger partial charge is 0.336 e. The molecule has 0 atom stereocenters. The van der Waals surface area contributed by atoms with Crippen molar-refractivity contribution in [3.63, 3.8) is 0 Å². The molecule has 0 saturated carbocycles. The summed E-state index contributed by atoms with van der Waals surface area (Å²) in [7, 11) is 5.79. The lowest BCUT2D eigenvalue weighted by Gasteiger charge is -2.07. The molecule has 0 aliphatic heterocycles. The highest BCUT2D eigenvalue weighted by Crippen LogP contribution is 2.26. The molecule has 0 unspecified atom stereocenters. The van der Waals surface area contributed by atoms with Gasteiger partial charge in [-0.25, -0.2) is 9.97 Å². The SMILES string of the molecule is Cc1cc(Nc2cc(-c3ccc4ccn(C)c4n3)nn2C)nc2c1cnn2C. The Labute approximate surface area is 161 Å². The second-order valence-electron chi connectivity index (χ2n) is 7.03. The summed E-state index contributed by atoms with van der Waals surface area (Å²) in [4.78, 5) is 9.45. The fraction of sp³-hybridized carbons (Fsp3) is 0.200. The zero-order chi connectivity index (χ0) is 19.4. The summed E-state index contributed by atoms with van der Waals surface area (Å²) in [6, 6.07) is 10.1. The second-order valence-corrected chi connectivity index (χ2v) is 7.03. The third kappa shape index (κ3) is 2.53. The topological polar surface area (TPSA) is 78.4 Å². The van der Waals surface area contributed by atoms with Crippen LogP contribution in [0, 0.1) is 6.92 Å². The van der Waals surface area contributed by atoms with Gasteiger partial charge in [-0.1, -0.05) is 0 Å². The molecule has 0 saturated heterocycles. The lowest BCUT2D eigenvalue weighted by atomic mass is 10.2. The summed E-state index contributed by atoms with van der Waals surface area (Å²) in [6.07, 6.45) is 3.85. The van der Waals surface area contributed by atoms with Crippen molar-refractivity contribution in [1.29, 1.82) is 0 Å². The average Bonchev–Trinajstić information content (AvgIpc) is 3.34. The third-order valence-corrected chi connectivity index (χ3v) is 5.03. The number of pyridine rings is 2. The fourth-order valence-electron chi connectivity index (χ4n) is 3.45. The number of aromatic nitrogens is 7. The normalized spacial score (nSPS) is 11.6. The van der Waals surface area contributed by atoms with Gasteiger partial charge in [0.15, 0.2) is 5.65 Å².